The summed E-state index contributed by atoms with van der Waals surface area (Å²) >= 11 is 0. The highest BCUT2D eigenvalue weighted by molar-refractivity contribution is 6.01. The third-order valence-corrected chi connectivity index (χ3v) is 4.76. The molecule has 4 aromatic rings. The van der Waals surface area contributed by atoms with Gasteiger partial charge < -0.3 is 15.2 Å². The third kappa shape index (κ3) is 4.95. The topological polar surface area (TPSA) is 84.2 Å². The fourth-order valence-electron chi connectivity index (χ4n) is 3.26. The minimum Gasteiger partial charge on any atom is -0.355 e. The smallest absolute Gasteiger partial charge is 0.251 e. The highest BCUT2D eigenvalue weighted by Gasteiger charge is 2.14. The molecule has 2 N–H and O–H groups in total. The Morgan fingerprint density at radius 1 is 0.903 bits per heavy atom. The van der Waals surface area contributed by atoms with E-state index in [4.69, 9.17) is 4.52 Å². The van der Waals surface area contributed by atoms with Crippen LogP contribution < -0.4 is 10.6 Å². The van der Waals surface area contributed by atoms with E-state index in [0.717, 1.165) is 10.9 Å². The molecule has 2 amide bonds. The van der Waals surface area contributed by atoms with Crippen molar-refractivity contribution in [2.45, 2.75) is 6.42 Å². The first kappa shape index (κ1) is 20.3. The number of carbonyl (C=O) groups is 2. The maximum absolute atomic E-state index is 13.2. The van der Waals surface area contributed by atoms with Crippen LogP contribution in [0.2, 0.25) is 0 Å². The zero-order valence-electron chi connectivity index (χ0n) is 16.6. The van der Waals surface area contributed by atoms with Crippen LogP contribution in [0.15, 0.2) is 77.3 Å². The van der Waals surface area contributed by atoms with Crippen molar-refractivity contribution in [1.29, 1.82) is 0 Å². The molecule has 0 fully saturated rings. The summed E-state index contributed by atoms with van der Waals surface area (Å²) in [5.41, 5.74) is 2.61. The Bertz CT molecular complexity index is 1220. The van der Waals surface area contributed by atoms with Crippen molar-refractivity contribution in [2.75, 3.05) is 13.1 Å². The Morgan fingerprint density at radius 2 is 1.71 bits per heavy atom. The predicted molar refractivity (Wildman–Crippen MR) is 115 cm³/mol. The van der Waals surface area contributed by atoms with Gasteiger partial charge in [-0.15, -0.1) is 0 Å². The average molecular weight is 417 g/mol. The zero-order valence-corrected chi connectivity index (χ0v) is 16.6. The summed E-state index contributed by atoms with van der Waals surface area (Å²) in [6.07, 6.45) is 0.0815. The van der Waals surface area contributed by atoms with Crippen molar-refractivity contribution in [3.05, 3.63) is 89.7 Å². The zero-order chi connectivity index (χ0) is 21.6. The monoisotopic (exact) mass is 417 g/mol. The summed E-state index contributed by atoms with van der Waals surface area (Å²) in [4.78, 5) is 24.5. The molecule has 0 unspecified atom stereocenters. The molecule has 0 bridgehead atoms. The second-order valence-corrected chi connectivity index (χ2v) is 7.02. The molecule has 0 saturated heterocycles. The molecule has 0 radical (unpaired) electrons. The molecule has 3 aromatic carbocycles. The Morgan fingerprint density at radius 3 is 2.52 bits per heavy atom. The number of halogens is 1. The SMILES string of the molecule is O=C(Cc1cccc(F)c1)NCCNC(=O)c1ccc2noc(-c3ccccc3)c2c1. The first-order valence-corrected chi connectivity index (χ1v) is 9.84. The molecule has 156 valence electrons. The van der Waals surface area contributed by atoms with E-state index in [2.05, 4.69) is 15.8 Å². The third-order valence-electron chi connectivity index (χ3n) is 4.76. The Balaban J connectivity index is 1.33. The molecule has 0 aliphatic heterocycles. The molecule has 31 heavy (non-hydrogen) atoms. The van der Waals surface area contributed by atoms with Gasteiger partial charge in [-0.1, -0.05) is 47.6 Å². The van der Waals surface area contributed by atoms with Crippen molar-refractivity contribution in [1.82, 2.24) is 15.8 Å². The average Bonchev–Trinajstić information content (AvgIpc) is 3.20. The molecule has 1 aromatic heterocycles. The molecule has 7 heteroatoms. The number of amides is 2. The van der Waals surface area contributed by atoms with E-state index in [9.17, 15) is 14.0 Å². The highest BCUT2D eigenvalue weighted by Crippen LogP contribution is 2.29. The van der Waals surface area contributed by atoms with Gasteiger partial charge in [0, 0.05) is 24.2 Å². The van der Waals surface area contributed by atoms with Crippen LogP contribution in [-0.2, 0) is 11.2 Å². The first-order valence-electron chi connectivity index (χ1n) is 9.84. The Kier molecular flexibility index (Phi) is 6.03. The highest BCUT2D eigenvalue weighted by atomic mass is 19.1. The van der Waals surface area contributed by atoms with Crippen LogP contribution in [0.25, 0.3) is 22.2 Å². The van der Waals surface area contributed by atoms with Crippen molar-refractivity contribution in [3.63, 3.8) is 0 Å². The van der Waals surface area contributed by atoms with E-state index in [-0.39, 0.29) is 37.1 Å². The fraction of sp³-hybridized carbons (Fsp3) is 0.125. The summed E-state index contributed by atoms with van der Waals surface area (Å²) in [6.45, 7) is 0.533. The van der Waals surface area contributed by atoms with Crippen LogP contribution >= 0.6 is 0 Å². The van der Waals surface area contributed by atoms with Gasteiger partial charge >= 0.3 is 0 Å². The van der Waals surface area contributed by atoms with Gasteiger partial charge in [-0.3, -0.25) is 9.59 Å². The number of hydrogen-bond donors (Lipinski definition) is 2. The number of nitrogens with one attached hydrogen (secondary N) is 2. The van der Waals surface area contributed by atoms with Gasteiger partial charge in [-0.2, -0.15) is 0 Å². The Hall–Kier alpha value is -4.00. The second-order valence-electron chi connectivity index (χ2n) is 7.02. The first-order chi connectivity index (χ1) is 15.1. The summed E-state index contributed by atoms with van der Waals surface area (Å²) < 4.78 is 18.6. The summed E-state index contributed by atoms with van der Waals surface area (Å²) in [5.74, 6) is -0.271. The number of aromatic nitrogens is 1. The molecule has 0 saturated carbocycles. The lowest BCUT2D eigenvalue weighted by Gasteiger charge is -2.08. The quantitative estimate of drug-likeness (QED) is 0.449. The normalized spacial score (nSPS) is 10.7. The van der Waals surface area contributed by atoms with E-state index in [1.807, 2.05) is 30.3 Å². The van der Waals surface area contributed by atoms with Gasteiger partial charge in [0.25, 0.3) is 5.91 Å². The van der Waals surface area contributed by atoms with Crippen LogP contribution in [0.5, 0.6) is 0 Å². The number of benzene rings is 3. The van der Waals surface area contributed by atoms with Gasteiger partial charge in [0.15, 0.2) is 5.76 Å². The van der Waals surface area contributed by atoms with Crippen molar-refractivity contribution < 1.29 is 18.5 Å². The Labute approximate surface area is 178 Å². The van der Waals surface area contributed by atoms with Gasteiger partial charge in [0.2, 0.25) is 5.91 Å². The largest absolute Gasteiger partial charge is 0.355 e. The second kappa shape index (κ2) is 9.21. The predicted octanol–water partition coefficient (Wildman–Crippen LogP) is 3.72. The molecule has 0 spiro atoms. The molecular formula is C24H20FN3O3. The van der Waals surface area contributed by atoms with E-state index in [1.165, 1.54) is 12.1 Å². The van der Waals surface area contributed by atoms with Crippen LogP contribution in [0.1, 0.15) is 15.9 Å². The maximum Gasteiger partial charge on any atom is 0.251 e. The van der Waals surface area contributed by atoms with Crippen LogP contribution in [0, 0.1) is 5.82 Å². The lowest BCUT2D eigenvalue weighted by Crippen LogP contribution is -2.35. The van der Waals surface area contributed by atoms with Crippen LogP contribution in [0.3, 0.4) is 0 Å². The van der Waals surface area contributed by atoms with Gasteiger partial charge in [-0.25, -0.2) is 4.39 Å². The molecule has 1 heterocycles. The van der Waals surface area contributed by atoms with E-state index in [1.54, 1.807) is 30.3 Å². The van der Waals surface area contributed by atoms with E-state index in [0.29, 0.717) is 22.4 Å². The lowest BCUT2D eigenvalue weighted by atomic mass is 10.1. The molecule has 0 atom stereocenters. The van der Waals surface area contributed by atoms with Gasteiger partial charge in [0.1, 0.15) is 11.3 Å². The number of rotatable bonds is 7. The number of fused-ring (bicyclic) bond motifs is 1. The molecular weight excluding hydrogens is 397 g/mol. The fourth-order valence-corrected chi connectivity index (χ4v) is 3.26. The summed E-state index contributed by atoms with van der Waals surface area (Å²) in [5, 5.41) is 10.3. The van der Waals surface area contributed by atoms with Crippen LogP contribution in [-0.4, -0.2) is 30.1 Å². The van der Waals surface area contributed by atoms with Crippen molar-refractivity contribution >= 4 is 22.7 Å². The summed E-state index contributed by atoms with van der Waals surface area (Å²) in [6, 6.07) is 20.6. The molecule has 6 nitrogen and oxygen atoms in total. The van der Waals surface area contributed by atoms with E-state index < -0.39 is 0 Å². The van der Waals surface area contributed by atoms with Gasteiger partial charge in [-0.05, 0) is 35.9 Å². The van der Waals surface area contributed by atoms with E-state index >= 15 is 0 Å². The lowest BCUT2D eigenvalue weighted by molar-refractivity contribution is -0.120. The maximum atomic E-state index is 13.2. The number of nitrogens with zero attached hydrogens (tertiary/aromatic N) is 1. The van der Waals surface area contributed by atoms with Crippen molar-refractivity contribution in [3.8, 4) is 11.3 Å². The standard InChI is InChI=1S/C24H20FN3O3/c25-19-8-4-5-16(13-19)14-22(29)26-11-12-27-24(30)18-9-10-21-20(15-18)23(31-28-21)17-6-2-1-3-7-17/h1-10,13,15H,11-12,14H2,(H,26,29)(H,27,30). The number of hydrogen-bond acceptors (Lipinski definition) is 4. The van der Waals surface area contributed by atoms with Crippen LogP contribution in [0.4, 0.5) is 4.39 Å². The van der Waals surface area contributed by atoms with Gasteiger partial charge in [0.05, 0.1) is 11.8 Å². The number of carbonyl (C=O) groups excluding carboxylic acids is 2. The van der Waals surface area contributed by atoms with Crippen molar-refractivity contribution in [2.24, 2.45) is 0 Å². The minimum atomic E-state index is -0.377. The molecule has 4 rings (SSSR count). The summed E-state index contributed by atoms with van der Waals surface area (Å²) in [7, 11) is 0. The molecule has 0 aliphatic carbocycles. The molecule has 0 aliphatic rings. The minimum absolute atomic E-state index is 0.0815.